The van der Waals surface area contributed by atoms with Crippen LogP contribution in [0.1, 0.15) is 75.7 Å². The van der Waals surface area contributed by atoms with Gasteiger partial charge in [0.15, 0.2) is 5.78 Å². The van der Waals surface area contributed by atoms with Crippen molar-refractivity contribution in [3.8, 4) is 5.75 Å². The normalized spacial score (nSPS) is 16.4. The van der Waals surface area contributed by atoms with Crippen LogP contribution in [0.2, 0.25) is 0 Å². The van der Waals surface area contributed by atoms with Gasteiger partial charge in [-0.1, -0.05) is 0 Å². The van der Waals surface area contributed by atoms with E-state index in [9.17, 15) is 14.4 Å². The largest absolute Gasteiger partial charge is 0.491 e. The molecule has 0 radical (unpaired) electrons. The zero-order valence-corrected chi connectivity index (χ0v) is 24.2. The van der Waals surface area contributed by atoms with E-state index < -0.39 is 0 Å². The molecule has 0 bridgehead atoms. The van der Waals surface area contributed by atoms with Gasteiger partial charge < -0.3 is 19.4 Å². The van der Waals surface area contributed by atoms with E-state index in [0.29, 0.717) is 43.0 Å². The Bertz CT molecular complexity index is 1340. The maximum Gasteiger partial charge on any atom is 0.273 e. The van der Waals surface area contributed by atoms with Crippen molar-refractivity contribution < 1.29 is 19.1 Å². The van der Waals surface area contributed by atoms with Crippen LogP contribution in [0.15, 0.2) is 53.9 Å². The molecule has 3 heterocycles. The molecule has 0 spiro atoms. The number of ketones is 1. The second-order valence-electron chi connectivity index (χ2n) is 10.7. The van der Waals surface area contributed by atoms with Gasteiger partial charge in [0.05, 0.1) is 11.1 Å². The summed E-state index contributed by atoms with van der Waals surface area (Å²) in [7, 11) is 0. The van der Waals surface area contributed by atoms with Crippen LogP contribution in [0.25, 0.3) is 0 Å². The number of carbonyl (C=O) groups excluding carboxylic acids is 3. The molecule has 1 aromatic heterocycles. The number of piperazine rings is 1. The lowest BCUT2D eigenvalue weighted by Crippen LogP contribution is -2.48. The Morgan fingerprint density at radius 2 is 1.43 bits per heavy atom. The highest BCUT2D eigenvalue weighted by molar-refractivity contribution is 7.09. The van der Waals surface area contributed by atoms with Gasteiger partial charge in [0.2, 0.25) is 0 Å². The Morgan fingerprint density at radius 3 is 2.02 bits per heavy atom. The van der Waals surface area contributed by atoms with Crippen LogP contribution in [0, 0.1) is 0 Å². The quantitative estimate of drug-likeness (QED) is 0.373. The number of hydrogen-bond acceptors (Lipinski definition) is 7. The molecule has 8 nitrogen and oxygen atoms in total. The van der Waals surface area contributed by atoms with E-state index in [1.54, 1.807) is 18.3 Å². The molecular formula is C31H36N4O4S. The number of aromatic nitrogens is 1. The summed E-state index contributed by atoms with van der Waals surface area (Å²) in [6.45, 7) is 9.60. The summed E-state index contributed by atoms with van der Waals surface area (Å²) in [5.41, 5.74) is 2.96. The summed E-state index contributed by atoms with van der Waals surface area (Å²) in [5.74, 6) is 1.10. The molecule has 2 aliphatic rings. The van der Waals surface area contributed by atoms with E-state index in [4.69, 9.17) is 9.72 Å². The maximum atomic E-state index is 13.2. The number of amides is 2. The fourth-order valence-electron chi connectivity index (χ4n) is 5.27. The van der Waals surface area contributed by atoms with Gasteiger partial charge in [0, 0.05) is 67.4 Å². The Labute approximate surface area is 239 Å². The Kier molecular flexibility index (Phi) is 8.49. The Hall–Kier alpha value is -3.72. The average Bonchev–Trinajstić information content (AvgIpc) is 3.47. The zero-order chi connectivity index (χ0) is 28.2. The molecule has 2 amide bonds. The fraction of sp³-hybridized carbons (Fsp3) is 0.419. The van der Waals surface area contributed by atoms with Crippen LogP contribution >= 0.6 is 11.3 Å². The third-order valence-corrected chi connectivity index (χ3v) is 8.56. The van der Waals surface area contributed by atoms with Crippen LogP contribution in [-0.4, -0.2) is 77.8 Å². The molecular weight excluding hydrogens is 524 g/mol. The van der Waals surface area contributed by atoms with Gasteiger partial charge >= 0.3 is 0 Å². The molecule has 0 N–H and O–H groups in total. The molecule has 0 unspecified atom stereocenters. The van der Waals surface area contributed by atoms with E-state index in [-0.39, 0.29) is 29.6 Å². The third-order valence-electron chi connectivity index (χ3n) is 7.55. The number of thiazole rings is 1. The minimum atomic E-state index is -0.0217. The molecule has 2 aliphatic heterocycles. The number of rotatable bonds is 7. The van der Waals surface area contributed by atoms with Crippen LogP contribution < -0.4 is 9.64 Å². The highest BCUT2D eigenvalue weighted by Crippen LogP contribution is 2.31. The van der Waals surface area contributed by atoms with Gasteiger partial charge in [-0.2, -0.15) is 0 Å². The van der Waals surface area contributed by atoms with Crippen LogP contribution in [0.5, 0.6) is 5.75 Å². The summed E-state index contributed by atoms with van der Waals surface area (Å²) < 4.78 is 5.68. The van der Waals surface area contributed by atoms with Gasteiger partial charge in [-0.3, -0.25) is 14.4 Å². The number of piperidine rings is 1. The first-order valence-corrected chi connectivity index (χ1v) is 14.8. The first-order valence-electron chi connectivity index (χ1n) is 13.9. The van der Waals surface area contributed by atoms with Crippen molar-refractivity contribution in [3.05, 3.63) is 75.7 Å². The predicted octanol–water partition coefficient (Wildman–Crippen LogP) is 5.12. The first kappa shape index (κ1) is 27.8. The van der Waals surface area contributed by atoms with Crippen molar-refractivity contribution in [3.63, 3.8) is 0 Å². The molecule has 5 rings (SSSR count). The number of ether oxygens (including phenoxy) is 1. The van der Waals surface area contributed by atoms with Gasteiger partial charge in [-0.05, 0) is 82.1 Å². The number of hydrogen-bond donors (Lipinski definition) is 0. The maximum absolute atomic E-state index is 13.2. The van der Waals surface area contributed by atoms with E-state index in [0.717, 1.165) is 42.4 Å². The number of benzene rings is 2. The van der Waals surface area contributed by atoms with Crippen molar-refractivity contribution in [2.45, 2.75) is 45.6 Å². The van der Waals surface area contributed by atoms with Crippen molar-refractivity contribution in [2.75, 3.05) is 44.2 Å². The SMILES string of the molecule is CC(=O)c1ccc(N2CCN(C(=O)c3csc(C4CCN(C(=O)c5ccc(OC(C)C)cc5)CC4)n3)CC2)cc1. The second kappa shape index (κ2) is 12.2. The molecule has 9 heteroatoms. The summed E-state index contributed by atoms with van der Waals surface area (Å²) in [6.07, 6.45) is 1.77. The van der Waals surface area contributed by atoms with Crippen molar-refractivity contribution in [1.29, 1.82) is 0 Å². The average molecular weight is 561 g/mol. The Balaban J connectivity index is 1.11. The monoisotopic (exact) mass is 560 g/mol. The molecule has 0 saturated carbocycles. The standard InChI is InChI=1S/C31H36N4O4S/c1-21(2)39-27-10-6-25(7-11-27)30(37)34-14-12-24(13-15-34)29-32-28(20-40-29)31(38)35-18-16-33(17-19-35)26-8-4-23(5-9-26)22(3)36/h4-11,20-21,24H,12-19H2,1-3H3. The van der Waals surface area contributed by atoms with Gasteiger partial charge in [-0.15, -0.1) is 11.3 Å². The number of likely N-dealkylation sites (tertiary alicyclic amines) is 1. The smallest absolute Gasteiger partial charge is 0.273 e. The highest BCUT2D eigenvalue weighted by Gasteiger charge is 2.29. The van der Waals surface area contributed by atoms with E-state index in [1.165, 1.54) is 0 Å². The molecule has 2 saturated heterocycles. The number of Topliss-reactive ketones (excluding diaryl/α,β-unsaturated/α-hetero) is 1. The molecule has 40 heavy (non-hydrogen) atoms. The first-order chi connectivity index (χ1) is 19.3. The third kappa shape index (κ3) is 6.36. The highest BCUT2D eigenvalue weighted by atomic mass is 32.1. The van der Waals surface area contributed by atoms with Crippen LogP contribution in [0.4, 0.5) is 5.69 Å². The molecule has 0 atom stereocenters. The molecule has 210 valence electrons. The van der Waals surface area contributed by atoms with E-state index >= 15 is 0 Å². The van der Waals surface area contributed by atoms with Crippen LogP contribution in [0.3, 0.4) is 0 Å². The minimum Gasteiger partial charge on any atom is -0.491 e. The molecule has 0 aliphatic carbocycles. The lowest BCUT2D eigenvalue weighted by Gasteiger charge is -2.36. The van der Waals surface area contributed by atoms with Gasteiger partial charge in [-0.25, -0.2) is 4.98 Å². The summed E-state index contributed by atoms with van der Waals surface area (Å²) in [4.78, 5) is 48.5. The lowest BCUT2D eigenvalue weighted by molar-refractivity contribution is 0.0712. The fourth-order valence-corrected chi connectivity index (χ4v) is 6.24. The van der Waals surface area contributed by atoms with Gasteiger partial charge in [0.1, 0.15) is 11.4 Å². The summed E-state index contributed by atoms with van der Waals surface area (Å²) in [5, 5.41) is 2.86. The number of nitrogens with zero attached hydrogens (tertiary/aromatic N) is 4. The zero-order valence-electron chi connectivity index (χ0n) is 23.3. The van der Waals surface area contributed by atoms with Crippen LogP contribution in [-0.2, 0) is 0 Å². The summed E-state index contributed by atoms with van der Waals surface area (Å²) in [6, 6.07) is 15.0. The van der Waals surface area contributed by atoms with Gasteiger partial charge in [0.25, 0.3) is 11.8 Å². The topological polar surface area (TPSA) is 83.1 Å². The van der Waals surface area contributed by atoms with E-state index in [1.807, 2.05) is 77.6 Å². The predicted molar refractivity (Wildman–Crippen MR) is 157 cm³/mol. The lowest BCUT2D eigenvalue weighted by atomic mass is 9.97. The molecule has 2 aromatic carbocycles. The number of carbonyl (C=O) groups is 3. The van der Waals surface area contributed by atoms with Crippen molar-refractivity contribution in [1.82, 2.24) is 14.8 Å². The van der Waals surface area contributed by atoms with Crippen molar-refractivity contribution >= 4 is 34.6 Å². The second-order valence-corrected chi connectivity index (χ2v) is 11.6. The molecule has 2 fully saturated rings. The minimum absolute atomic E-state index is 0.0217. The molecule has 3 aromatic rings. The van der Waals surface area contributed by atoms with Crippen molar-refractivity contribution in [2.24, 2.45) is 0 Å². The summed E-state index contributed by atoms with van der Waals surface area (Å²) >= 11 is 1.55. The number of anilines is 1. The van der Waals surface area contributed by atoms with E-state index in [2.05, 4.69) is 4.90 Å². The Morgan fingerprint density at radius 1 is 0.825 bits per heavy atom.